The minimum Gasteiger partial charge on any atom is -0.438 e. The van der Waals surface area contributed by atoms with Crippen LogP contribution in [0.2, 0.25) is 0 Å². The van der Waals surface area contributed by atoms with Crippen LogP contribution in [-0.4, -0.2) is 10.1 Å². The number of benzene rings is 1. The maximum Gasteiger partial charge on any atom is 0.224 e. The molecule has 0 spiro atoms. The molecule has 0 fully saturated rings. The van der Waals surface area contributed by atoms with Crippen molar-refractivity contribution in [3.8, 4) is 11.6 Å². The second kappa shape index (κ2) is 5.36. The quantitative estimate of drug-likeness (QED) is 0.920. The third-order valence-electron chi connectivity index (χ3n) is 3.13. The number of pyridine rings is 1. The van der Waals surface area contributed by atoms with Crippen LogP contribution in [0.4, 0.5) is 4.39 Å². The van der Waals surface area contributed by atoms with E-state index in [2.05, 4.69) is 4.98 Å². The topological polar surface area (TPSA) is 42.4 Å². The molecular formula is C15H16FNO2. The number of nitrogens with zero attached hydrogens (tertiary/aromatic N) is 1. The third-order valence-corrected chi connectivity index (χ3v) is 3.13. The Bertz CT molecular complexity index is 611. The Labute approximate surface area is 111 Å². The molecule has 0 saturated heterocycles. The first kappa shape index (κ1) is 13.5. The van der Waals surface area contributed by atoms with Crippen LogP contribution in [0.3, 0.4) is 0 Å². The van der Waals surface area contributed by atoms with Gasteiger partial charge in [0.15, 0.2) is 0 Å². The van der Waals surface area contributed by atoms with Crippen molar-refractivity contribution < 1.29 is 14.2 Å². The van der Waals surface area contributed by atoms with Crippen LogP contribution in [0.25, 0.3) is 0 Å². The predicted octanol–water partition coefficient (Wildman–Crippen LogP) is 3.43. The molecule has 3 nitrogen and oxygen atoms in total. The Kier molecular flexibility index (Phi) is 3.81. The second-order valence-electron chi connectivity index (χ2n) is 4.53. The standard InChI is InChI=1S/C15H16FNO2/c1-9-4-5-10(2)14(11(9)3)19-15-12(8-18)6-13(16)7-17-15/h4-7,18H,8H2,1-3H3. The number of hydrogen-bond acceptors (Lipinski definition) is 3. The minimum atomic E-state index is -0.492. The number of aryl methyl sites for hydroxylation is 2. The minimum absolute atomic E-state index is 0.237. The van der Waals surface area contributed by atoms with Crippen molar-refractivity contribution in [1.82, 2.24) is 4.98 Å². The van der Waals surface area contributed by atoms with Gasteiger partial charge >= 0.3 is 0 Å². The van der Waals surface area contributed by atoms with Crippen molar-refractivity contribution in [2.45, 2.75) is 27.4 Å². The number of aromatic nitrogens is 1. The summed E-state index contributed by atoms with van der Waals surface area (Å²) in [5.41, 5.74) is 3.42. The molecular weight excluding hydrogens is 245 g/mol. The van der Waals surface area contributed by atoms with Crippen molar-refractivity contribution in [3.05, 3.63) is 52.5 Å². The predicted molar refractivity (Wildman–Crippen MR) is 70.8 cm³/mol. The normalized spacial score (nSPS) is 10.6. The molecule has 0 radical (unpaired) electrons. The van der Waals surface area contributed by atoms with E-state index >= 15 is 0 Å². The Morgan fingerprint density at radius 3 is 2.58 bits per heavy atom. The van der Waals surface area contributed by atoms with Crippen LogP contribution >= 0.6 is 0 Å². The molecule has 0 amide bonds. The van der Waals surface area contributed by atoms with Gasteiger partial charge in [-0.25, -0.2) is 9.37 Å². The van der Waals surface area contributed by atoms with E-state index in [0.717, 1.165) is 22.9 Å². The highest BCUT2D eigenvalue weighted by Crippen LogP contribution is 2.31. The first-order valence-corrected chi connectivity index (χ1v) is 6.03. The highest BCUT2D eigenvalue weighted by molar-refractivity contribution is 5.46. The molecule has 19 heavy (non-hydrogen) atoms. The van der Waals surface area contributed by atoms with Gasteiger partial charge in [0, 0.05) is 5.56 Å². The smallest absolute Gasteiger partial charge is 0.224 e. The summed E-state index contributed by atoms with van der Waals surface area (Å²) < 4.78 is 18.8. The lowest BCUT2D eigenvalue weighted by Crippen LogP contribution is -1.99. The first-order chi connectivity index (χ1) is 9.02. The van der Waals surface area contributed by atoms with Crippen molar-refractivity contribution in [1.29, 1.82) is 0 Å². The van der Waals surface area contributed by atoms with Gasteiger partial charge in [0.2, 0.25) is 5.88 Å². The molecule has 2 aromatic rings. The second-order valence-corrected chi connectivity index (χ2v) is 4.53. The van der Waals surface area contributed by atoms with Gasteiger partial charge in [-0.15, -0.1) is 0 Å². The van der Waals surface area contributed by atoms with Gasteiger partial charge in [-0.2, -0.15) is 0 Å². The number of hydrogen-bond donors (Lipinski definition) is 1. The average Bonchev–Trinajstić information content (AvgIpc) is 2.40. The van der Waals surface area contributed by atoms with E-state index in [1.54, 1.807) is 0 Å². The summed E-state index contributed by atoms with van der Waals surface area (Å²) in [5.74, 6) is 0.448. The molecule has 4 heteroatoms. The summed E-state index contributed by atoms with van der Waals surface area (Å²) in [6.07, 6.45) is 1.08. The maximum atomic E-state index is 13.1. The first-order valence-electron chi connectivity index (χ1n) is 6.03. The molecule has 100 valence electrons. The zero-order chi connectivity index (χ0) is 14.0. The van der Waals surface area contributed by atoms with Crippen molar-refractivity contribution in [2.24, 2.45) is 0 Å². The molecule has 2 rings (SSSR count). The summed E-state index contributed by atoms with van der Waals surface area (Å²) in [6.45, 7) is 5.57. The number of ether oxygens (including phenoxy) is 1. The Hall–Kier alpha value is -1.94. The van der Waals surface area contributed by atoms with Gasteiger partial charge in [0.05, 0.1) is 12.8 Å². The molecule has 0 unspecified atom stereocenters. The third kappa shape index (κ3) is 2.74. The molecule has 0 bridgehead atoms. The van der Waals surface area contributed by atoms with Crippen molar-refractivity contribution >= 4 is 0 Å². The molecule has 0 aliphatic carbocycles. The van der Waals surface area contributed by atoms with Crippen LogP contribution in [0.15, 0.2) is 24.4 Å². The maximum absolute atomic E-state index is 13.1. The van der Waals surface area contributed by atoms with Crippen LogP contribution in [0, 0.1) is 26.6 Å². The van der Waals surface area contributed by atoms with E-state index in [-0.39, 0.29) is 12.5 Å². The van der Waals surface area contributed by atoms with Crippen molar-refractivity contribution in [3.63, 3.8) is 0 Å². The summed E-state index contributed by atoms with van der Waals surface area (Å²) in [7, 11) is 0. The fourth-order valence-corrected chi connectivity index (χ4v) is 1.85. The molecule has 1 N–H and O–H groups in total. The number of aliphatic hydroxyl groups is 1. The molecule has 0 aliphatic heterocycles. The monoisotopic (exact) mass is 261 g/mol. The fraction of sp³-hybridized carbons (Fsp3) is 0.267. The Balaban J connectivity index is 2.44. The van der Waals surface area contributed by atoms with E-state index in [4.69, 9.17) is 4.74 Å². The SMILES string of the molecule is Cc1ccc(C)c(Oc2ncc(F)cc2CO)c1C. The van der Waals surface area contributed by atoms with E-state index in [1.165, 1.54) is 6.07 Å². The Morgan fingerprint density at radius 2 is 1.89 bits per heavy atom. The number of rotatable bonds is 3. The largest absolute Gasteiger partial charge is 0.438 e. The number of aliphatic hydroxyl groups excluding tert-OH is 1. The zero-order valence-electron chi connectivity index (χ0n) is 11.2. The summed E-state index contributed by atoms with van der Waals surface area (Å²) in [5, 5.41) is 9.23. The lowest BCUT2D eigenvalue weighted by atomic mass is 10.1. The fourth-order valence-electron chi connectivity index (χ4n) is 1.85. The summed E-state index contributed by atoms with van der Waals surface area (Å²) >= 11 is 0. The van der Waals surface area contributed by atoms with Crippen LogP contribution in [0.5, 0.6) is 11.6 Å². The van der Waals surface area contributed by atoms with Gasteiger partial charge in [0.25, 0.3) is 0 Å². The molecule has 0 aliphatic rings. The van der Waals surface area contributed by atoms with Gasteiger partial charge in [0.1, 0.15) is 11.6 Å². The van der Waals surface area contributed by atoms with Crippen molar-refractivity contribution in [2.75, 3.05) is 0 Å². The molecule has 0 saturated carbocycles. The molecule has 1 heterocycles. The van der Waals surface area contributed by atoms with Gasteiger partial charge in [-0.05, 0) is 43.5 Å². The van der Waals surface area contributed by atoms with Crippen LogP contribution in [-0.2, 0) is 6.61 Å². The highest BCUT2D eigenvalue weighted by Gasteiger charge is 2.12. The summed E-state index contributed by atoms with van der Waals surface area (Å²) in [4.78, 5) is 3.90. The van der Waals surface area contributed by atoms with E-state index in [0.29, 0.717) is 11.3 Å². The van der Waals surface area contributed by atoms with Crippen LogP contribution in [0.1, 0.15) is 22.3 Å². The zero-order valence-corrected chi connectivity index (χ0v) is 11.2. The van der Waals surface area contributed by atoms with E-state index < -0.39 is 5.82 Å². The average molecular weight is 261 g/mol. The number of halogens is 1. The molecule has 1 aromatic carbocycles. The van der Waals surface area contributed by atoms with Gasteiger partial charge in [-0.1, -0.05) is 12.1 Å². The summed E-state index contributed by atoms with van der Waals surface area (Å²) in [6, 6.07) is 5.20. The molecule has 0 atom stereocenters. The van der Waals surface area contributed by atoms with Crippen LogP contribution < -0.4 is 4.74 Å². The lowest BCUT2D eigenvalue weighted by molar-refractivity contribution is 0.274. The van der Waals surface area contributed by atoms with Gasteiger partial charge < -0.3 is 9.84 Å². The lowest BCUT2D eigenvalue weighted by Gasteiger charge is -2.14. The van der Waals surface area contributed by atoms with E-state index in [1.807, 2.05) is 32.9 Å². The molecule has 1 aromatic heterocycles. The van der Waals surface area contributed by atoms with Gasteiger partial charge in [-0.3, -0.25) is 0 Å². The van der Waals surface area contributed by atoms with E-state index in [9.17, 15) is 9.50 Å². The Morgan fingerprint density at radius 1 is 1.21 bits per heavy atom. The highest BCUT2D eigenvalue weighted by atomic mass is 19.1.